The van der Waals surface area contributed by atoms with Gasteiger partial charge in [-0.05, 0) is 44.9 Å². The number of aryl methyl sites for hydroxylation is 2. The standard InChI is InChI=1S/C20H24N4OS/c1-5-10-23-15(3)11-17(16(23)4)19(25)12-26-20-22-21-13-24(20)18-9-7-6-8-14(18)2/h6-9,11,13H,5,10,12H2,1-4H3. The van der Waals surface area contributed by atoms with Crippen LogP contribution in [0.1, 0.15) is 40.7 Å². The summed E-state index contributed by atoms with van der Waals surface area (Å²) < 4.78 is 4.15. The fraction of sp³-hybridized carbons (Fsp3) is 0.350. The van der Waals surface area contributed by atoms with Gasteiger partial charge in [0.05, 0.1) is 11.4 Å². The van der Waals surface area contributed by atoms with Crippen LogP contribution in [0.3, 0.4) is 0 Å². The van der Waals surface area contributed by atoms with Crippen molar-refractivity contribution in [3.05, 3.63) is 59.2 Å². The summed E-state index contributed by atoms with van der Waals surface area (Å²) in [4.78, 5) is 12.8. The van der Waals surface area contributed by atoms with Gasteiger partial charge in [0.25, 0.3) is 0 Å². The molecule has 0 aliphatic heterocycles. The second-order valence-electron chi connectivity index (χ2n) is 6.42. The first kappa shape index (κ1) is 18.5. The zero-order valence-electron chi connectivity index (χ0n) is 15.7. The molecule has 0 N–H and O–H groups in total. The van der Waals surface area contributed by atoms with Gasteiger partial charge in [0.1, 0.15) is 6.33 Å². The Labute approximate surface area is 158 Å². The van der Waals surface area contributed by atoms with E-state index in [4.69, 9.17) is 0 Å². The van der Waals surface area contributed by atoms with Gasteiger partial charge in [-0.3, -0.25) is 9.36 Å². The number of benzene rings is 1. The van der Waals surface area contributed by atoms with Crippen molar-refractivity contribution in [3.63, 3.8) is 0 Å². The molecule has 0 saturated carbocycles. The number of carbonyl (C=O) groups excluding carboxylic acids is 1. The van der Waals surface area contributed by atoms with Crippen LogP contribution in [0.2, 0.25) is 0 Å². The molecule has 3 rings (SSSR count). The maximum Gasteiger partial charge on any atom is 0.196 e. The van der Waals surface area contributed by atoms with Crippen molar-refractivity contribution in [2.75, 3.05) is 5.75 Å². The van der Waals surface area contributed by atoms with Crippen molar-refractivity contribution in [2.45, 2.75) is 45.8 Å². The summed E-state index contributed by atoms with van der Waals surface area (Å²) >= 11 is 1.43. The lowest BCUT2D eigenvalue weighted by atomic mass is 10.2. The number of thioether (sulfide) groups is 1. The third-order valence-corrected chi connectivity index (χ3v) is 5.49. The van der Waals surface area contributed by atoms with Crippen LogP contribution in [-0.4, -0.2) is 30.9 Å². The SMILES string of the molecule is CCCn1c(C)cc(C(=O)CSc2nncn2-c2ccccc2C)c1C. The van der Waals surface area contributed by atoms with Crippen LogP contribution >= 0.6 is 11.8 Å². The molecule has 0 unspecified atom stereocenters. The molecule has 1 aromatic carbocycles. The van der Waals surface area contributed by atoms with E-state index in [0.29, 0.717) is 5.75 Å². The van der Waals surface area contributed by atoms with Gasteiger partial charge in [0, 0.05) is 23.5 Å². The quantitative estimate of drug-likeness (QED) is 0.459. The Morgan fingerprint density at radius 3 is 2.69 bits per heavy atom. The van der Waals surface area contributed by atoms with Gasteiger partial charge in [-0.1, -0.05) is 36.9 Å². The Bertz CT molecular complexity index is 926. The van der Waals surface area contributed by atoms with Crippen molar-refractivity contribution in [2.24, 2.45) is 0 Å². The number of rotatable bonds is 7. The molecular weight excluding hydrogens is 344 g/mol. The third-order valence-electron chi connectivity index (χ3n) is 4.55. The number of hydrogen-bond donors (Lipinski definition) is 0. The predicted molar refractivity (Wildman–Crippen MR) is 105 cm³/mol. The van der Waals surface area contributed by atoms with E-state index in [0.717, 1.165) is 46.3 Å². The number of para-hydroxylation sites is 1. The minimum atomic E-state index is 0.129. The summed E-state index contributed by atoms with van der Waals surface area (Å²) in [5.41, 5.74) is 5.18. The van der Waals surface area contributed by atoms with Crippen LogP contribution in [0.4, 0.5) is 0 Å². The molecule has 26 heavy (non-hydrogen) atoms. The lowest BCUT2D eigenvalue weighted by Crippen LogP contribution is -2.07. The molecule has 0 saturated heterocycles. The van der Waals surface area contributed by atoms with E-state index in [1.807, 2.05) is 35.8 Å². The Kier molecular flexibility index (Phi) is 5.61. The fourth-order valence-electron chi connectivity index (χ4n) is 3.18. The monoisotopic (exact) mass is 368 g/mol. The lowest BCUT2D eigenvalue weighted by Gasteiger charge is -2.09. The molecule has 0 radical (unpaired) electrons. The molecule has 5 nitrogen and oxygen atoms in total. The molecule has 136 valence electrons. The van der Waals surface area contributed by atoms with E-state index in [2.05, 4.69) is 41.6 Å². The van der Waals surface area contributed by atoms with E-state index in [1.54, 1.807) is 6.33 Å². The highest BCUT2D eigenvalue weighted by Gasteiger charge is 2.17. The van der Waals surface area contributed by atoms with Crippen molar-refractivity contribution in [3.8, 4) is 5.69 Å². The molecular formula is C20H24N4OS. The van der Waals surface area contributed by atoms with Gasteiger partial charge >= 0.3 is 0 Å². The van der Waals surface area contributed by atoms with E-state index < -0.39 is 0 Å². The summed E-state index contributed by atoms with van der Waals surface area (Å²) in [5, 5.41) is 8.95. The minimum absolute atomic E-state index is 0.129. The summed E-state index contributed by atoms with van der Waals surface area (Å²) in [6, 6.07) is 10.1. The molecule has 0 aliphatic rings. The topological polar surface area (TPSA) is 52.7 Å². The van der Waals surface area contributed by atoms with Crippen LogP contribution in [0.15, 0.2) is 41.8 Å². The Hall–Kier alpha value is -2.34. The first-order chi connectivity index (χ1) is 12.5. The van der Waals surface area contributed by atoms with Gasteiger partial charge in [-0.2, -0.15) is 0 Å². The molecule has 0 fully saturated rings. The van der Waals surface area contributed by atoms with E-state index in [1.165, 1.54) is 11.8 Å². The fourth-order valence-corrected chi connectivity index (χ4v) is 3.99. The van der Waals surface area contributed by atoms with Crippen molar-refractivity contribution < 1.29 is 4.79 Å². The smallest absolute Gasteiger partial charge is 0.196 e. The maximum absolute atomic E-state index is 12.8. The number of carbonyl (C=O) groups is 1. The molecule has 2 heterocycles. The lowest BCUT2D eigenvalue weighted by molar-refractivity contribution is 0.102. The first-order valence-electron chi connectivity index (χ1n) is 8.81. The summed E-state index contributed by atoms with van der Waals surface area (Å²) in [5.74, 6) is 0.478. The van der Waals surface area contributed by atoms with E-state index in [-0.39, 0.29) is 5.78 Å². The van der Waals surface area contributed by atoms with Crippen LogP contribution < -0.4 is 0 Å². The molecule has 0 aliphatic carbocycles. The first-order valence-corrected chi connectivity index (χ1v) is 9.80. The molecule has 2 aromatic heterocycles. The second-order valence-corrected chi connectivity index (χ2v) is 7.36. The predicted octanol–water partition coefficient (Wildman–Crippen LogP) is 4.38. The van der Waals surface area contributed by atoms with Gasteiger partial charge in [-0.15, -0.1) is 10.2 Å². The average molecular weight is 369 g/mol. The van der Waals surface area contributed by atoms with E-state index in [9.17, 15) is 4.79 Å². The van der Waals surface area contributed by atoms with E-state index >= 15 is 0 Å². The highest BCUT2D eigenvalue weighted by Crippen LogP contribution is 2.24. The number of nitrogens with zero attached hydrogens (tertiary/aromatic N) is 4. The van der Waals surface area contributed by atoms with Gasteiger partial charge < -0.3 is 4.57 Å². The van der Waals surface area contributed by atoms with Gasteiger partial charge in [0.2, 0.25) is 0 Å². The van der Waals surface area contributed by atoms with Crippen LogP contribution in [0.5, 0.6) is 0 Å². The number of aromatic nitrogens is 4. The highest BCUT2D eigenvalue weighted by atomic mass is 32.2. The zero-order chi connectivity index (χ0) is 18.7. The number of Topliss-reactive ketones (excluding diaryl/α,β-unsaturated/α-hetero) is 1. The van der Waals surface area contributed by atoms with Crippen molar-refractivity contribution in [1.29, 1.82) is 0 Å². The normalized spacial score (nSPS) is 11.1. The van der Waals surface area contributed by atoms with Crippen molar-refractivity contribution >= 4 is 17.5 Å². The van der Waals surface area contributed by atoms with Gasteiger partial charge in [-0.25, -0.2) is 0 Å². The molecule has 0 atom stereocenters. The molecule has 0 bridgehead atoms. The van der Waals surface area contributed by atoms with Crippen molar-refractivity contribution in [1.82, 2.24) is 19.3 Å². The zero-order valence-corrected chi connectivity index (χ0v) is 16.5. The van der Waals surface area contributed by atoms with Crippen LogP contribution in [0.25, 0.3) is 5.69 Å². The summed E-state index contributed by atoms with van der Waals surface area (Å²) in [6.45, 7) is 9.23. The van der Waals surface area contributed by atoms with Crippen LogP contribution in [0, 0.1) is 20.8 Å². The Morgan fingerprint density at radius 1 is 1.19 bits per heavy atom. The maximum atomic E-state index is 12.8. The average Bonchev–Trinajstić information content (AvgIpc) is 3.20. The van der Waals surface area contributed by atoms with Gasteiger partial charge in [0.15, 0.2) is 10.9 Å². The molecule has 0 spiro atoms. The molecule has 6 heteroatoms. The van der Waals surface area contributed by atoms with Crippen LogP contribution in [-0.2, 0) is 6.54 Å². The third kappa shape index (κ3) is 3.60. The second kappa shape index (κ2) is 7.91. The minimum Gasteiger partial charge on any atom is -0.348 e. The molecule has 0 amide bonds. The molecule has 3 aromatic rings. The Balaban J connectivity index is 1.77. The largest absolute Gasteiger partial charge is 0.348 e. The summed E-state index contributed by atoms with van der Waals surface area (Å²) in [7, 11) is 0. The highest BCUT2D eigenvalue weighted by molar-refractivity contribution is 7.99. The number of hydrogen-bond acceptors (Lipinski definition) is 4. The summed E-state index contributed by atoms with van der Waals surface area (Å²) in [6.07, 6.45) is 2.75. The Morgan fingerprint density at radius 2 is 1.96 bits per heavy atom. The number of ketones is 1.